The fourth-order valence-corrected chi connectivity index (χ4v) is 2.33. The van der Waals surface area contributed by atoms with Gasteiger partial charge in [-0.25, -0.2) is 4.39 Å². The topological polar surface area (TPSA) is 29.1 Å². The Bertz CT molecular complexity index is 615. The van der Waals surface area contributed by atoms with E-state index >= 15 is 0 Å². The van der Waals surface area contributed by atoms with E-state index in [2.05, 4.69) is 5.32 Å². The Morgan fingerprint density at radius 2 is 2.00 bits per heavy atom. The summed E-state index contributed by atoms with van der Waals surface area (Å²) in [5, 5.41) is 3.48. The number of nitrogens with one attached hydrogen (secondary N) is 1. The van der Waals surface area contributed by atoms with Crippen LogP contribution in [0.3, 0.4) is 0 Å². The average molecular weight is 292 g/mol. The van der Waals surface area contributed by atoms with Gasteiger partial charge in [0.25, 0.3) is 0 Å². The van der Waals surface area contributed by atoms with Gasteiger partial charge in [0.2, 0.25) is 5.91 Å². The molecule has 2 rings (SSSR count). The zero-order valence-corrected chi connectivity index (χ0v) is 11.8. The van der Waals surface area contributed by atoms with Crippen LogP contribution in [0.4, 0.5) is 4.39 Å². The van der Waals surface area contributed by atoms with Gasteiger partial charge in [-0.05, 0) is 36.2 Å². The Kier molecular flexibility index (Phi) is 4.74. The van der Waals surface area contributed by atoms with Crippen molar-refractivity contribution in [2.75, 3.05) is 0 Å². The summed E-state index contributed by atoms with van der Waals surface area (Å²) in [6, 6.07) is 13.2. The second-order valence-electron chi connectivity index (χ2n) is 4.62. The smallest absolute Gasteiger partial charge is 0.224 e. The van der Waals surface area contributed by atoms with Crippen LogP contribution in [0.2, 0.25) is 5.02 Å². The number of carbonyl (C=O) groups excluding carboxylic acids is 1. The van der Waals surface area contributed by atoms with Crippen molar-refractivity contribution in [2.45, 2.75) is 19.4 Å². The van der Waals surface area contributed by atoms with Gasteiger partial charge in [0.1, 0.15) is 5.82 Å². The number of hydrogen-bond acceptors (Lipinski definition) is 1. The molecule has 2 aromatic rings. The SMILES string of the molecule is CC(NC(=O)Cc1cccc(F)c1)c1ccccc1Cl. The van der Waals surface area contributed by atoms with Crippen LogP contribution in [-0.4, -0.2) is 5.91 Å². The molecule has 0 spiro atoms. The number of carbonyl (C=O) groups is 1. The van der Waals surface area contributed by atoms with Gasteiger partial charge in [-0.15, -0.1) is 0 Å². The third-order valence-corrected chi connectivity index (χ3v) is 3.35. The summed E-state index contributed by atoms with van der Waals surface area (Å²) in [4.78, 5) is 11.9. The fraction of sp³-hybridized carbons (Fsp3) is 0.188. The van der Waals surface area contributed by atoms with E-state index in [-0.39, 0.29) is 24.2 Å². The van der Waals surface area contributed by atoms with Crippen LogP contribution in [0, 0.1) is 5.82 Å². The minimum absolute atomic E-state index is 0.145. The quantitative estimate of drug-likeness (QED) is 0.909. The summed E-state index contributed by atoms with van der Waals surface area (Å²) in [7, 11) is 0. The first kappa shape index (κ1) is 14.5. The van der Waals surface area contributed by atoms with Crippen molar-refractivity contribution in [1.82, 2.24) is 5.32 Å². The van der Waals surface area contributed by atoms with E-state index in [1.807, 2.05) is 25.1 Å². The van der Waals surface area contributed by atoms with E-state index in [0.717, 1.165) is 5.56 Å². The average Bonchev–Trinajstić information content (AvgIpc) is 2.38. The molecule has 20 heavy (non-hydrogen) atoms. The van der Waals surface area contributed by atoms with E-state index in [1.54, 1.807) is 18.2 Å². The first-order valence-electron chi connectivity index (χ1n) is 6.34. The van der Waals surface area contributed by atoms with Gasteiger partial charge >= 0.3 is 0 Å². The van der Waals surface area contributed by atoms with E-state index in [1.165, 1.54) is 12.1 Å². The second-order valence-corrected chi connectivity index (χ2v) is 5.02. The molecule has 0 aliphatic heterocycles. The van der Waals surface area contributed by atoms with Crippen LogP contribution < -0.4 is 5.32 Å². The summed E-state index contributed by atoms with van der Waals surface area (Å²) in [6.07, 6.45) is 0.145. The summed E-state index contributed by atoms with van der Waals surface area (Å²) in [6.45, 7) is 1.87. The Morgan fingerprint density at radius 3 is 2.70 bits per heavy atom. The first-order chi connectivity index (χ1) is 9.56. The number of rotatable bonds is 4. The van der Waals surface area contributed by atoms with E-state index < -0.39 is 0 Å². The van der Waals surface area contributed by atoms with Crippen molar-refractivity contribution in [2.24, 2.45) is 0 Å². The Balaban J connectivity index is 2.00. The molecule has 1 N–H and O–H groups in total. The highest BCUT2D eigenvalue weighted by molar-refractivity contribution is 6.31. The van der Waals surface area contributed by atoms with Gasteiger partial charge in [0, 0.05) is 5.02 Å². The lowest BCUT2D eigenvalue weighted by Crippen LogP contribution is -2.28. The molecule has 2 nitrogen and oxygen atoms in total. The predicted molar refractivity (Wildman–Crippen MR) is 78.1 cm³/mol. The van der Waals surface area contributed by atoms with Crippen molar-refractivity contribution < 1.29 is 9.18 Å². The van der Waals surface area contributed by atoms with Gasteiger partial charge in [-0.1, -0.05) is 41.9 Å². The molecule has 1 amide bonds. The van der Waals surface area contributed by atoms with Crippen LogP contribution in [0.15, 0.2) is 48.5 Å². The van der Waals surface area contributed by atoms with E-state index in [4.69, 9.17) is 11.6 Å². The van der Waals surface area contributed by atoms with Crippen molar-refractivity contribution in [1.29, 1.82) is 0 Å². The molecule has 0 fully saturated rings. The maximum absolute atomic E-state index is 13.0. The maximum atomic E-state index is 13.0. The lowest BCUT2D eigenvalue weighted by Gasteiger charge is -2.15. The zero-order chi connectivity index (χ0) is 14.5. The number of hydrogen-bond donors (Lipinski definition) is 1. The molecule has 0 heterocycles. The number of amides is 1. The molecule has 0 bridgehead atoms. The molecule has 0 saturated carbocycles. The monoisotopic (exact) mass is 291 g/mol. The Labute approximate surface area is 122 Å². The van der Waals surface area contributed by atoms with Crippen LogP contribution in [-0.2, 0) is 11.2 Å². The highest BCUT2D eigenvalue weighted by Crippen LogP contribution is 2.22. The minimum atomic E-state index is -0.338. The van der Waals surface area contributed by atoms with Crippen molar-refractivity contribution >= 4 is 17.5 Å². The fourth-order valence-electron chi connectivity index (χ4n) is 2.03. The molecule has 2 aromatic carbocycles. The minimum Gasteiger partial charge on any atom is -0.349 e. The van der Waals surface area contributed by atoms with Crippen LogP contribution >= 0.6 is 11.6 Å². The Hall–Kier alpha value is -1.87. The maximum Gasteiger partial charge on any atom is 0.224 e. The highest BCUT2D eigenvalue weighted by Gasteiger charge is 2.12. The van der Waals surface area contributed by atoms with Gasteiger partial charge in [0.05, 0.1) is 12.5 Å². The molecular formula is C16H15ClFNO. The van der Waals surface area contributed by atoms with Crippen molar-refractivity contribution in [3.05, 3.63) is 70.5 Å². The largest absolute Gasteiger partial charge is 0.349 e. The van der Waals surface area contributed by atoms with Crippen molar-refractivity contribution in [3.8, 4) is 0 Å². The summed E-state index contributed by atoms with van der Waals surface area (Å²) >= 11 is 6.08. The summed E-state index contributed by atoms with van der Waals surface area (Å²) < 4.78 is 13.0. The molecule has 4 heteroatoms. The highest BCUT2D eigenvalue weighted by atomic mass is 35.5. The Morgan fingerprint density at radius 1 is 1.25 bits per heavy atom. The normalized spacial score (nSPS) is 11.9. The van der Waals surface area contributed by atoms with Gasteiger partial charge in [0.15, 0.2) is 0 Å². The van der Waals surface area contributed by atoms with Gasteiger partial charge < -0.3 is 5.32 Å². The zero-order valence-electron chi connectivity index (χ0n) is 11.1. The van der Waals surface area contributed by atoms with Crippen molar-refractivity contribution in [3.63, 3.8) is 0 Å². The van der Waals surface area contributed by atoms with Gasteiger partial charge in [-0.2, -0.15) is 0 Å². The molecule has 1 atom stereocenters. The van der Waals surface area contributed by atoms with Crippen LogP contribution in [0.1, 0.15) is 24.1 Å². The molecule has 0 saturated heterocycles. The molecule has 0 aliphatic rings. The van der Waals surface area contributed by atoms with E-state index in [0.29, 0.717) is 10.6 Å². The summed E-state index contributed by atoms with van der Waals surface area (Å²) in [5.74, 6) is -0.502. The lowest BCUT2D eigenvalue weighted by molar-refractivity contribution is -0.121. The lowest BCUT2D eigenvalue weighted by atomic mass is 10.1. The first-order valence-corrected chi connectivity index (χ1v) is 6.72. The second kappa shape index (κ2) is 6.53. The standard InChI is InChI=1S/C16H15ClFNO/c1-11(14-7-2-3-8-15(14)17)19-16(20)10-12-5-4-6-13(18)9-12/h2-9,11H,10H2,1H3,(H,19,20). The third kappa shape index (κ3) is 3.81. The number of benzene rings is 2. The number of halogens is 2. The molecule has 0 aliphatic carbocycles. The van der Waals surface area contributed by atoms with E-state index in [9.17, 15) is 9.18 Å². The molecular weight excluding hydrogens is 277 g/mol. The predicted octanol–water partition coefficient (Wildman–Crippen LogP) is 3.90. The molecule has 0 radical (unpaired) electrons. The molecule has 1 unspecified atom stereocenters. The van der Waals surface area contributed by atoms with Crippen LogP contribution in [0.25, 0.3) is 0 Å². The molecule has 104 valence electrons. The van der Waals surface area contributed by atoms with Gasteiger partial charge in [-0.3, -0.25) is 4.79 Å². The molecule has 0 aromatic heterocycles. The summed E-state index contributed by atoms with van der Waals surface area (Å²) in [5.41, 5.74) is 1.51. The third-order valence-electron chi connectivity index (χ3n) is 3.00. The van der Waals surface area contributed by atoms with Crippen LogP contribution in [0.5, 0.6) is 0 Å².